The molecule has 0 aliphatic heterocycles. The molecule has 0 aliphatic carbocycles. The van der Waals surface area contributed by atoms with Gasteiger partial charge in [0, 0.05) is 5.39 Å². The molecule has 0 saturated carbocycles. The van der Waals surface area contributed by atoms with Gasteiger partial charge in [0.2, 0.25) is 11.7 Å². The van der Waals surface area contributed by atoms with E-state index >= 15 is 0 Å². The van der Waals surface area contributed by atoms with Gasteiger partial charge in [-0.2, -0.15) is 4.98 Å². The lowest BCUT2D eigenvalue weighted by Crippen LogP contribution is -1.98. The van der Waals surface area contributed by atoms with Crippen molar-refractivity contribution in [2.45, 2.75) is 13.8 Å². The largest absolute Gasteiger partial charge is 0.477 e. The van der Waals surface area contributed by atoms with Crippen molar-refractivity contribution in [2.75, 3.05) is 6.61 Å². The molecule has 4 rings (SSSR count). The zero-order valence-electron chi connectivity index (χ0n) is 14.4. The zero-order chi connectivity index (χ0) is 18.1. The van der Waals surface area contributed by atoms with Crippen LogP contribution in [0.3, 0.4) is 0 Å². The predicted octanol–water partition coefficient (Wildman–Crippen LogP) is 5.31. The smallest absolute Gasteiger partial charge is 0.259 e. The van der Waals surface area contributed by atoms with Crippen molar-refractivity contribution in [1.82, 2.24) is 15.1 Å². The third-order valence-electron chi connectivity index (χ3n) is 3.99. The monoisotopic (exact) mass is 365 g/mol. The molecular formula is C20H16ClN3O2. The minimum atomic E-state index is 0.358. The highest BCUT2D eigenvalue weighted by Crippen LogP contribution is 2.33. The second-order valence-corrected chi connectivity index (χ2v) is 6.28. The van der Waals surface area contributed by atoms with E-state index in [4.69, 9.17) is 20.9 Å². The molecule has 0 unspecified atom stereocenters. The minimum Gasteiger partial charge on any atom is -0.477 e. The van der Waals surface area contributed by atoms with E-state index < -0.39 is 0 Å². The Bertz CT molecular complexity index is 1090. The van der Waals surface area contributed by atoms with Gasteiger partial charge in [-0.15, -0.1) is 0 Å². The fourth-order valence-corrected chi connectivity index (χ4v) is 2.96. The zero-order valence-corrected chi connectivity index (χ0v) is 15.1. The number of pyridine rings is 1. The number of halogens is 1. The summed E-state index contributed by atoms with van der Waals surface area (Å²) in [6.45, 7) is 4.44. The summed E-state index contributed by atoms with van der Waals surface area (Å²) < 4.78 is 11.1. The van der Waals surface area contributed by atoms with Crippen LogP contribution in [-0.4, -0.2) is 21.7 Å². The summed E-state index contributed by atoms with van der Waals surface area (Å²) in [6, 6.07) is 15.4. The molecule has 0 aliphatic rings. The van der Waals surface area contributed by atoms with Crippen LogP contribution in [0.2, 0.25) is 5.02 Å². The SMILES string of the molecule is CCOc1nc2cc(C)ccc2cc1-c1noc(-c2ccccc2Cl)n1. The number of ether oxygens (including phenoxy) is 1. The van der Waals surface area contributed by atoms with Gasteiger partial charge in [0.05, 0.1) is 28.3 Å². The lowest BCUT2D eigenvalue weighted by Gasteiger charge is -2.08. The molecule has 0 atom stereocenters. The maximum Gasteiger partial charge on any atom is 0.259 e. The first-order valence-corrected chi connectivity index (χ1v) is 8.66. The lowest BCUT2D eigenvalue weighted by atomic mass is 10.1. The van der Waals surface area contributed by atoms with Crippen LogP contribution in [0.5, 0.6) is 5.88 Å². The lowest BCUT2D eigenvalue weighted by molar-refractivity contribution is 0.329. The molecule has 26 heavy (non-hydrogen) atoms. The summed E-state index contributed by atoms with van der Waals surface area (Å²) in [5.41, 5.74) is 3.38. The first kappa shape index (κ1) is 16.5. The molecule has 0 radical (unpaired) electrons. The molecule has 4 aromatic rings. The van der Waals surface area contributed by atoms with Crippen LogP contribution in [0.4, 0.5) is 0 Å². The number of aromatic nitrogens is 3. The quantitative estimate of drug-likeness (QED) is 0.490. The third-order valence-corrected chi connectivity index (χ3v) is 4.32. The maximum atomic E-state index is 6.22. The molecule has 0 fully saturated rings. The summed E-state index contributed by atoms with van der Waals surface area (Å²) in [7, 11) is 0. The van der Waals surface area contributed by atoms with Gasteiger partial charge in [-0.05, 0) is 43.7 Å². The van der Waals surface area contributed by atoms with Crippen LogP contribution < -0.4 is 4.74 Å². The highest BCUT2D eigenvalue weighted by molar-refractivity contribution is 6.33. The summed E-state index contributed by atoms with van der Waals surface area (Å²) >= 11 is 6.22. The van der Waals surface area contributed by atoms with Gasteiger partial charge < -0.3 is 9.26 Å². The fraction of sp³-hybridized carbons (Fsp3) is 0.150. The average molecular weight is 366 g/mol. The Balaban J connectivity index is 1.84. The number of rotatable bonds is 4. The summed E-state index contributed by atoms with van der Waals surface area (Å²) in [4.78, 5) is 9.13. The molecule has 0 bridgehead atoms. The minimum absolute atomic E-state index is 0.358. The summed E-state index contributed by atoms with van der Waals surface area (Å²) in [5, 5.41) is 5.65. The molecule has 5 nitrogen and oxygen atoms in total. The van der Waals surface area contributed by atoms with Crippen LogP contribution >= 0.6 is 11.6 Å². The van der Waals surface area contributed by atoms with E-state index in [-0.39, 0.29) is 0 Å². The second kappa shape index (κ2) is 6.77. The molecular weight excluding hydrogens is 350 g/mol. The van der Waals surface area contributed by atoms with Gasteiger partial charge in [0.1, 0.15) is 0 Å². The second-order valence-electron chi connectivity index (χ2n) is 5.87. The Kier molecular flexibility index (Phi) is 4.31. The van der Waals surface area contributed by atoms with Gasteiger partial charge >= 0.3 is 0 Å². The first-order chi connectivity index (χ1) is 12.7. The molecule has 0 N–H and O–H groups in total. The topological polar surface area (TPSA) is 61.0 Å². The van der Waals surface area contributed by atoms with Gasteiger partial charge in [-0.1, -0.05) is 41.0 Å². The van der Waals surface area contributed by atoms with Crippen LogP contribution in [-0.2, 0) is 0 Å². The van der Waals surface area contributed by atoms with Crippen LogP contribution in [0, 0.1) is 6.92 Å². The summed E-state index contributed by atoms with van der Waals surface area (Å²) in [5.74, 6) is 1.26. The van der Waals surface area contributed by atoms with Crippen molar-refractivity contribution in [3.8, 4) is 28.7 Å². The number of benzene rings is 2. The van der Waals surface area contributed by atoms with E-state index in [1.54, 1.807) is 6.07 Å². The van der Waals surface area contributed by atoms with E-state index in [1.165, 1.54) is 0 Å². The van der Waals surface area contributed by atoms with Crippen LogP contribution in [0.15, 0.2) is 53.1 Å². The van der Waals surface area contributed by atoms with Crippen molar-refractivity contribution in [3.05, 3.63) is 59.1 Å². The molecule has 0 saturated heterocycles. The Morgan fingerprint density at radius 2 is 1.88 bits per heavy atom. The normalized spacial score (nSPS) is 11.0. The average Bonchev–Trinajstić information content (AvgIpc) is 3.11. The number of aryl methyl sites for hydroxylation is 1. The highest BCUT2D eigenvalue weighted by atomic mass is 35.5. The number of fused-ring (bicyclic) bond motifs is 1. The molecule has 2 aromatic carbocycles. The maximum absolute atomic E-state index is 6.22. The Morgan fingerprint density at radius 3 is 2.69 bits per heavy atom. The third kappa shape index (κ3) is 3.02. The van der Waals surface area contributed by atoms with E-state index in [1.807, 2.05) is 56.3 Å². The molecule has 0 amide bonds. The predicted molar refractivity (Wildman–Crippen MR) is 101 cm³/mol. The van der Waals surface area contributed by atoms with E-state index in [0.717, 1.165) is 16.5 Å². The molecule has 130 valence electrons. The van der Waals surface area contributed by atoms with E-state index in [9.17, 15) is 0 Å². The Hall–Kier alpha value is -2.92. The van der Waals surface area contributed by atoms with Crippen molar-refractivity contribution in [2.24, 2.45) is 0 Å². The molecule has 2 heterocycles. The standard InChI is InChI=1S/C20H16ClN3O2/c1-3-25-19-15(11-13-9-8-12(2)10-17(13)22-19)18-23-20(26-24-18)14-6-4-5-7-16(14)21/h4-11H,3H2,1-2H3. The Labute approximate surface area is 155 Å². The molecule has 0 spiro atoms. The van der Waals surface area contributed by atoms with Crippen molar-refractivity contribution >= 4 is 22.5 Å². The molecule has 6 heteroatoms. The van der Waals surface area contributed by atoms with Gasteiger partial charge in [0.15, 0.2) is 0 Å². The summed E-state index contributed by atoms with van der Waals surface area (Å²) in [6.07, 6.45) is 0. The van der Waals surface area contributed by atoms with Crippen molar-refractivity contribution in [3.63, 3.8) is 0 Å². The van der Waals surface area contributed by atoms with Crippen molar-refractivity contribution in [1.29, 1.82) is 0 Å². The van der Waals surface area contributed by atoms with Crippen LogP contribution in [0.25, 0.3) is 33.7 Å². The Morgan fingerprint density at radius 1 is 1.04 bits per heavy atom. The fourth-order valence-electron chi connectivity index (χ4n) is 2.74. The van der Waals surface area contributed by atoms with E-state index in [2.05, 4.69) is 15.1 Å². The number of hydrogen-bond donors (Lipinski definition) is 0. The van der Waals surface area contributed by atoms with Gasteiger partial charge in [0.25, 0.3) is 5.89 Å². The molecule has 2 aromatic heterocycles. The van der Waals surface area contributed by atoms with Crippen LogP contribution in [0.1, 0.15) is 12.5 Å². The number of nitrogens with zero attached hydrogens (tertiary/aromatic N) is 3. The first-order valence-electron chi connectivity index (χ1n) is 8.29. The number of hydrogen-bond acceptors (Lipinski definition) is 5. The van der Waals surface area contributed by atoms with Gasteiger partial charge in [-0.25, -0.2) is 4.98 Å². The van der Waals surface area contributed by atoms with Gasteiger partial charge in [-0.3, -0.25) is 0 Å². The van der Waals surface area contributed by atoms with Crippen molar-refractivity contribution < 1.29 is 9.26 Å². The highest BCUT2D eigenvalue weighted by Gasteiger charge is 2.18. The van der Waals surface area contributed by atoms with E-state index in [0.29, 0.717) is 40.4 Å².